The lowest BCUT2D eigenvalue weighted by Crippen LogP contribution is -2.22. The van der Waals surface area contributed by atoms with Gasteiger partial charge in [-0.2, -0.15) is 0 Å². The average molecular weight is 522 g/mol. The lowest BCUT2D eigenvalue weighted by molar-refractivity contribution is -0.136. The summed E-state index contributed by atoms with van der Waals surface area (Å²) in [6.45, 7) is 2.29. The van der Waals surface area contributed by atoms with Crippen molar-refractivity contribution < 1.29 is 34.0 Å². The van der Waals surface area contributed by atoms with Crippen LogP contribution in [0, 0.1) is 18.8 Å². The van der Waals surface area contributed by atoms with Crippen LogP contribution in [-0.4, -0.2) is 48.0 Å². The highest BCUT2D eigenvalue weighted by Crippen LogP contribution is 2.39. The minimum Gasteiger partial charge on any atom is -0.496 e. The van der Waals surface area contributed by atoms with Gasteiger partial charge in [0.2, 0.25) is 0 Å². The lowest BCUT2D eigenvalue weighted by Gasteiger charge is -2.27. The number of aromatic nitrogens is 1. The van der Waals surface area contributed by atoms with Gasteiger partial charge in [0, 0.05) is 30.4 Å². The molecule has 4 rings (SSSR count). The number of methoxy groups -OCH3 is 3. The predicted octanol–water partition coefficient (Wildman–Crippen LogP) is 4.38. The van der Waals surface area contributed by atoms with Crippen LogP contribution >= 0.6 is 0 Å². The summed E-state index contributed by atoms with van der Waals surface area (Å²) in [6.07, 6.45) is 4.73. The summed E-state index contributed by atoms with van der Waals surface area (Å²) in [7, 11) is 4.44. The van der Waals surface area contributed by atoms with Gasteiger partial charge in [-0.1, -0.05) is 24.3 Å². The highest BCUT2D eigenvalue weighted by molar-refractivity contribution is 5.92. The number of fused-ring (bicyclic) bond motifs is 1. The number of ether oxygens (including phenoxy) is 3. The molecule has 0 saturated heterocycles. The van der Waals surface area contributed by atoms with Crippen LogP contribution in [0.4, 0.5) is 0 Å². The second-order valence-electron chi connectivity index (χ2n) is 9.99. The number of aliphatic hydroxyl groups excluding tert-OH is 1. The number of hydrogen-bond acceptors (Lipinski definition) is 6. The quantitative estimate of drug-likeness (QED) is 0.361. The van der Waals surface area contributed by atoms with Crippen molar-refractivity contribution in [2.24, 2.45) is 11.8 Å². The molecule has 2 atom stereocenters. The molecular weight excluding hydrogens is 486 g/mol. The summed E-state index contributed by atoms with van der Waals surface area (Å²) in [5.41, 5.74) is 4.79. The van der Waals surface area contributed by atoms with E-state index >= 15 is 0 Å². The van der Waals surface area contributed by atoms with E-state index in [1.165, 1.54) is 18.2 Å². The molecule has 0 amide bonds. The van der Waals surface area contributed by atoms with Crippen molar-refractivity contribution >= 4 is 11.9 Å². The number of rotatable bonds is 11. The van der Waals surface area contributed by atoms with Gasteiger partial charge in [-0.05, 0) is 66.5 Å². The topological polar surface area (TPSA) is 107 Å². The van der Waals surface area contributed by atoms with Gasteiger partial charge < -0.3 is 29.0 Å². The first-order valence-corrected chi connectivity index (χ1v) is 12.7. The summed E-state index contributed by atoms with van der Waals surface area (Å²) in [4.78, 5) is 23.8. The first kappa shape index (κ1) is 27.3. The third-order valence-corrected chi connectivity index (χ3v) is 7.49. The largest absolute Gasteiger partial charge is 0.496 e. The second-order valence-corrected chi connectivity index (χ2v) is 9.99. The standard InChI is InChI=1S/C30H35NO7/c1-18-26(36-2)12-22(13-27(18)37-3)29(34)24(11-19-9-20-7-5-6-8-21(20)10-19)16-31-15-23(14-28(32)33)25(17-31)30(35)38-4/h5-8,12-13,15,17,19,24,29,34H,9-11,14,16H2,1-4H3,(H,32,33). The molecule has 0 radical (unpaired) electrons. The van der Waals surface area contributed by atoms with Crippen LogP contribution in [0.5, 0.6) is 11.5 Å². The van der Waals surface area contributed by atoms with Gasteiger partial charge >= 0.3 is 11.9 Å². The number of benzene rings is 2. The van der Waals surface area contributed by atoms with E-state index in [4.69, 9.17) is 14.2 Å². The summed E-state index contributed by atoms with van der Waals surface area (Å²) in [6, 6.07) is 12.1. The number of carboxylic acid groups (broad SMARTS) is 1. The van der Waals surface area contributed by atoms with E-state index in [0.717, 1.165) is 24.8 Å². The second kappa shape index (κ2) is 11.7. The molecule has 0 fully saturated rings. The third-order valence-electron chi connectivity index (χ3n) is 7.49. The molecule has 0 spiro atoms. The minimum atomic E-state index is -1.04. The Balaban J connectivity index is 1.67. The van der Waals surface area contributed by atoms with Crippen LogP contribution in [-0.2, 0) is 35.3 Å². The van der Waals surface area contributed by atoms with Gasteiger partial charge in [-0.25, -0.2) is 4.79 Å². The molecule has 1 aliphatic carbocycles. The number of esters is 1. The molecule has 2 aromatic carbocycles. The number of aliphatic hydroxyl groups is 1. The van der Waals surface area contributed by atoms with Crippen LogP contribution in [0.1, 0.15) is 50.7 Å². The zero-order valence-corrected chi connectivity index (χ0v) is 22.3. The van der Waals surface area contributed by atoms with Crippen LogP contribution in [0.2, 0.25) is 0 Å². The van der Waals surface area contributed by atoms with Crippen molar-refractivity contribution in [2.75, 3.05) is 21.3 Å². The Bertz CT molecular complexity index is 1260. The molecule has 1 aromatic heterocycles. The Labute approximate surface area is 222 Å². The van der Waals surface area contributed by atoms with Crippen molar-refractivity contribution in [1.82, 2.24) is 4.57 Å². The molecule has 202 valence electrons. The molecule has 0 bridgehead atoms. The van der Waals surface area contributed by atoms with Crippen molar-refractivity contribution in [3.8, 4) is 11.5 Å². The highest BCUT2D eigenvalue weighted by Gasteiger charge is 2.30. The van der Waals surface area contributed by atoms with Gasteiger partial charge in [0.25, 0.3) is 0 Å². The van der Waals surface area contributed by atoms with Crippen LogP contribution in [0.3, 0.4) is 0 Å². The van der Waals surface area contributed by atoms with Crippen LogP contribution < -0.4 is 9.47 Å². The van der Waals surface area contributed by atoms with Gasteiger partial charge in [0.15, 0.2) is 0 Å². The minimum absolute atomic E-state index is 0.218. The van der Waals surface area contributed by atoms with Crippen molar-refractivity contribution in [3.05, 3.63) is 82.2 Å². The molecule has 3 aromatic rings. The molecule has 8 heteroatoms. The maximum Gasteiger partial charge on any atom is 0.339 e. The molecule has 2 unspecified atom stereocenters. The molecule has 8 nitrogen and oxygen atoms in total. The maximum absolute atomic E-state index is 12.3. The van der Waals surface area contributed by atoms with E-state index in [9.17, 15) is 19.8 Å². The fourth-order valence-corrected chi connectivity index (χ4v) is 5.63. The normalized spacial score (nSPS) is 14.6. The van der Waals surface area contributed by atoms with E-state index < -0.39 is 18.0 Å². The number of carbonyl (C=O) groups excluding carboxylic acids is 1. The lowest BCUT2D eigenvalue weighted by atomic mass is 9.85. The van der Waals surface area contributed by atoms with Crippen LogP contribution in [0.25, 0.3) is 0 Å². The number of nitrogens with zero attached hydrogens (tertiary/aromatic N) is 1. The number of aliphatic carboxylic acids is 1. The molecule has 2 N–H and O–H groups in total. The zero-order valence-electron chi connectivity index (χ0n) is 22.3. The number of carboxylic acids is 1. The number of carbonyl (C=O) groups is 2. The number of hydrogen-bond donors (Lipinski definition) is 2. The first-order valence-electron chi connectivity index (χ1n) is 12.7. The Kier molecular flexibility index (Phi) is 8.42. The molecule has 1 heterocycles. The molecule has 0 aliphatic heterocycles. The summed E-state index contributed by atoms with van der Waals surface area (Å²) in [5.74, 6) is -0.257. The monoisotopic (exact) mass is 521 g/mol. The Hall–Kier alpha value is -3.78. The van der Waals surface area contributed by atoms with E-state index in [0.29, 0.717) is 35.1 Å². The maximum atomic E-state index is 12.3. The average Bonchev–Trinajstić information content (AvgIpc) is 3.50. The van der Waals surface area contributed by atoms with Crippen molar-refractivity contribution in [1.29, 1.82) is 0 Å². The highest BCUT2D eigenvalue weighted by atomic mass is 16.5. The van der Waals surface area contributed by atoms with E-state index in [1.54, 1.807) is 31.2 Å². The summed E-state index contributed by atoms with van der Waals surface area (Å²) >= 11 is 0. The Morgan fingerprint density at radius 3 is 2.16 bits per heavy atom. The van der Waals surface area contributed by atoms with Gasteiger partial charge in [0.05, 0.1) is 39.4 Å². The first-order chi connectivity index (χ1) is 18.2. The summed E-state index contributed by atoms with van der Waals surface area (Å²) < 4.78 is 17.8. The zero-order chi connectivity index (χ0) is 27.4. The fourth-order valence-electron chi connectivity index (χ4n) is 5.63. The summed E-state index contributed by atoms with van der Waals surface area (Å²) in [5, 5.41) is 21.1. The van der Waals surface area contributed by atoms with E-state index in [-0.39, 0.29) is 17.9 Å². The molecule has 1 aliphatic rings. The van der Waals surface area contributed by atoms with Crippen LogP contribution in [0.15, 0.2) is 48.8 Å². The van der Waals surface area contributed by atoms with Crippen molar-refractivity contribution in [3.63, 3.8) is 0 Å². The molecule has 0 saturated carbocycles. The molecular formula is C30H35NO7. The van der Waals surface area contributed by atoms with Gasteiger partial charge in [-0.3, -0.25) is 4.79 Å². The van der Waals surface area contributed by atoms with E-state index in [1.807, 2.05) is 19.1 Å². The smallest absolute Gasteiger partial charge is 0.339 e. The van der Waals surface area contributed by atoms with Crippen molar-refractivity contribution in [2.45, 2.75) is 45.3 Å². The van der Waals surface area contributed by atoms with E-state index in [2.05, 4.69) is 24.3 Å². The third kappa shape index (κ3) is 5.86. The molecule has 38 heavy (non-hydrogen) atoms. The van der Waals surface area contributed by atoms with Gasteiger partial charge in [-0.15, -0.1) is 0 Å². The fraction of sp³-hybridized carbons (Fsp3) is 0.400. The Morgan fingerprint density at radius 1 is 1.03 bits per heavy atom. The Morgan fingerprint density at radius 2 is 1.63 bits per heavy atom. The predicted molar refractivity (Wildman–Crippen MR) is 142 cm³/mol. The van der Waals surface area contributed by atoms with Gasteiger partial charge in [0.1, 0.15) is 11.5 Å². The SMILES string of the molecule is COC(=O)c1cn(CC(CC2Cc3ccccc3C2)C(O)c2cc(OC)c(C)c(OC)c2)cc1CC(=O)O.